The van der Waals surface area contributed by atoms with Gasteiger partial charge in [0, 0.05) is 12.8 Å². The van der Waals surface area contributed by atoms with E-state index in [9.17, 15) is 9.59 Å². The van der Waals surface area contributed by atoms with Crippen molar-refractivity contribution in [1.82, 2.24) is 20.8 Å². The van der Waals surface area contributed by atoms with E-state index in [1.807, 2.05) is 0 Å². The molecule has 0 bridgehead atoms. The molecule has 0 spiro atoms. The normalized spacial score (nSPS) is 12.2. The van der Waals surface area contributed by atoms with E-state index in [0.717, 1.165) is 14.4 Å². The number of carbonyl (C=O) groups is 2. The first kappa shape index (κ1) is 17.3. The van der Waals surface area contributed by atoms with Gasteiger partial charge in [-0.2, -0.15) is 0 Å². The van der Waals surface area contributed by atoms with Crippen molar-refractivity contribution in [2.45, 2.75) is 34.7 Å². The molecule has 0 aliphatic carbocycles. The molecule has 0 saturated carbocycles. The molecule has 0 aliphatic heterocycles. The number of nitrogens with one attached hydrogen (secondary N) is 2. The average molecular weight is 334 g/mol. The Morgan fingerprint density at radius 3 is 2.50 bits per heavy atom. The van der Waals surface area contributed by atoms with Crippen molar-refractivity contribution < 1.29 is 9.59 Å². The molecule has 1 aromatic rings. The number of aromatic nitrogens is 2. The SMILES string of the molecule is CNC(=O)NC(=O)[C@H](C)Sc1nnc(SCC(C)C)s1. The quantitative estimate of drug-likeness (QED) is 0.776. The first-order chi connectivity index (χ1) is 9.42. The lowest BCUT2D eigenvalue weighted by Gasteiger charge is -2.08. The minimum Gasteiger partial charge on any atom is -0.341 e. The molecule has 20 heavy (non-hydrogen) atoms. The molecule has 0 aliphatic rings. The summed E-state index contributed by atoms with van der Waals surface area (Å²) in [6.07, 6.45) is 0. The summed E-state index contributed by atoms with van der Waals surface area (Å²) < 4.78 is 1.64. The van der Waals surface area contributed by atoms with Crippen LogP contribution >= 0.6 is 34.9 Å². The van der Waals surface area contributed by atoms with Crippen LogP contribution in [0.25, 0.3) is 0 Å². The molecular weight excluding hydrogens is 316 g/mol. The van der Waals surface area contributed by atoms with Crippen LogP contribution in [0, 0.1) is 5.92 Å². The first-order valence-electron chi connectivity index (χ1n) is 6.08. The molecule has 1 atom stereocenters. The van der Waals surface area contributed by atoms with Crippen LogP contribution in [0.1, 0.15) is 20.8 Å². The summed E-state index contributed by atoms with van der Waals surface area (Å²) in [5.41, 5.74) is 0. The summed E-state index contributed by atoms with van der Waals surface area (Å²) in [5, 5.41) is 12.3. The number of urea groups is 1. The molecule has 0 radical (unpaired) electrons. The maximum absolute atomic E-state index is 11.7. The van der Waals surface area contributed by atoms with Gasteiger partial charge in [0.25, 0.3) is 0 Å². The van der Waals surface area contributed by atoms with Crippen molar-refractivity contribution in [3.8, 4) is 0 Å². The largest absolute Gasteiger partial charge is 0.341 e. The molecule has 2 N–H and O–H groups in total. The van der Waals surface area contributed by atoms with Gasteiger partial charge in [0.05, 0.1) is 5.25 Å². The number of amides is 3. The molecule has 6 nitrogen and oxygen atoms in total. The van der Waals surface area contributed by atoms with Gasteiger partial charge in [-0.25, -0.2) is 4.79 Å². The first-order valence-corrected chi connectivity index (χ1v) is 8.76. The lowest BCUT2D eigenvalue weighted by molar-refractivity contribution is -0.119. The van der Waals surface area contributed by atoms with E-state index in [1.54, 1.807) is 18.7 Å². The van der Waals surface area contributed by atoms with Crippen molar-refractivity contribution in [3.63, 3.8) is 0 Å². The summed E-state index contributed by atoms with van der Waals surface area (Å²) in [4.78, 5) is 22.7. The zero-order valence-corrected chi connectivity index (χ0v) is 14.2. The number of thioether (sulfide) groups is 2. The second-order valence-electron chi connectivity index (χ2n) is 4.37. The predicted octanol–water partition coefficient (Wildman–Crippen LogP) is 2.22. The van der Waals surface area contributed by atoms with Crippen molar-refractivity contribution in [3.05, 3.63) is 0 Å². The average Bonchev–Trinajstić information content (AvgIpc) is 2.83. The van der Waals surface area contributed by atoms with Crippen molar-refractivity contribution in [2.75, 3.05) is 12.8 Å². The van der Waals surface area contributed by atoms with Gasteiger partial charge >= 0.3 is 6.03 Å². The van der Waals surface area contributed by atoms with Crippen molar-refractivity contribution in [1.29, 1.82) is 0 Å². The molecule has 0 fully saturated rings. The Morgan fingerprint density at radius 2 is 1.90 bits per heavy atom. The van der Waals surface area contributed by atoms with Crippen molar-refractivity contribution >= 4 is 46.8 Å². The Hall–Kier alpha value is -0.800. The van der Waals surface area contributed by atoms with Gasteiger partial charge in [-0.3, -0.25) is 10.1 Å². The number of imide groups is 1. The van der Waals surface area contributed by atoms with Gasteiger partial charge in [-0.05, 0) is 12.8 Å². The van der Waals surface area contributed by atoms with Gasteiger partial charge in [-0.15, -0.1) is 10.2 Å². The third-order valence-electron chi connectivity index (χ3n) is 2.04. The molecule has 112 valence electrons. The second-order valence-corrected chi connectivity index (χ2v) is 8.20. The van der Waals surface area contributed by atoms with E-state index in [1.165, 1.54) is 30.1 Å². The van der Waals surface area contributed by atoms with Gasteiger partial charge < -0.3 is 5.32 Å². The van der Waals surface area contributed by atoms with Gasteiger partial charge in [0.15, 0.2) is 8.68 Å². The smallest absolute Gasteiger partial charge is 0.321 e. The number of hydrogen-bond acceptors (Lipinski definition) is 7. The molecular formula is C11H18N4O2S3. The Morgan fingerprint density at radius 1 is 1.25 bits per heavy atom. The Bertz CT molecular complexity index is 464. The Balaban J connectivity index is 2.47. The minimum absolute atomic E-state index is 0.346. The van der Waals surface area contributed by atoms with Crippen LogP contribution in [0.4, 0.5) is 4.79 Å². The van der Waals surface area contributed by atoms with Gasteiger partial charge in [0.2, 0.25) is 5.91 Å². The molecule has 1 rings (SSSR count). The Kier molecular flexibility index (Phi) is 7.31. The maximum atomic E-state index is 11.7. The summed E-state index contributed by atoms with van der Waals surface area (Å²) in [6, 6.07) is -0.507. The predicted molar refractivity (Wildman–Crippen MR) is 83.4 cm³/mol. The lowest BCUT2D eigenvalue weighted by atomic mass is 10.3. The third-order valence-corrected chi connectivity index (χ3v) is 5.71. The summed E-state index contributed by atoms with van der Waals surface area (Å²) in [7, 11) is 1.46. The molecule has 0 saturated heterocycles. The van der Waals surface area contributed by atoms with E-state index in [2.05, 4.69) is 34.7 Å². The van der Waals surface area contributed by atoms with Crippen LogP contribution in [0.5, 0.6) is 0 Å². The highest BCUT2D eigenvalue weighted by Crippen LogP contribution is 2.31. The van der Waals surface area contributed by atoms with Crippen LogP contribution in [0.15, 0.2) is 8.68 Å². The van der Waals surface area contributed by atoms with Crippen LogP contribution in [-0.2, 0) is 4.79 Å². The standard InChI is InChI=1S/C11H18N4O2S3/c1-6(2)5-18-10-14-15-11(20-10)19-7(3)8(16)13-9(17)12-4/h6-7H,5H2,1-4H3,(H2,12,13,16,17)/t7-/m0/s1. The van der Waals surface area contributed by atoms with E-state index in [-0.39, 0.29) is 5.91 Å². The fraction of sp³-hybridized carbons (Fsp3) is 0.636. The van der Waals surface area contributed by atoms with Crippen LogP contribution in [0.3, 0.4) is 0 Å². The summed E-state index contributed by atoms with van der Waals surface area (Å²) in [5.74, 6) is 1.24. The monoisotopic (exact) mass is 334 g/mol. The summed E-state index contributed by atoms with van der Waals surface area (Å²) in [6.45, 7) is 6.02. The minimum atomic E-state index is -0.507. The summed E-state index contributed by atoms with van der Waals surface area (Å²) >= 11 is 4.43. The highest BCUT2D eigenvalue weighted by atomic mass is 32.2. The van der Waals surface area contributed by atoms with E-state index in [4.69, 9.17) is 0 Å². The van der Waals surface area contributed by atoms with Crippen LogP contribution in [0.2, 0.25) is 0 Å². The zero-order chi connectivity index (χ0) is 15.1. The highest BCUT2D eigenvalue weighted by molar-refractivity contribution is 8.03. The van der Waals surface area contributed by atoms with Gasteiger partial charge in [0.1, 0.15) is 0 Å². The van der Waals surface area contributed by atoms with Crippen LogP contribution < -0.4 is 10.6 Å². The van der Waals surface area contributed by atoms with Crippen molar-refractivity contribution in [2.24, 2.45) is 5.92 Å². The van der Waals surface area contributed by atoms with E-state index >= 15 is 0 Å². The molecule has 1 heterocycles. The molecule has 0 aromatic carbocycles. The van der Waals surface area contributed by atoms with Crippen LogP contribution in [-0.4, -0.2) is 40.2 Å². The maximum Gasteiger partial charge on any atom is 0.321 e. The number of carbonyl (C=O) groups excluding carboxylic acids is 2. The van der Waals surface area contributed by atoms with E-state index < -0.39 is 11.3 Å². The fourth-order valence-electron chi connectivity index (χ4n) is 1.02. The third kappa shape index (κ3) is 6.10. The highest BCUT2D eigenvalue weighted by Gasteiger charge is 2.18. The van der Waals surface area contributed by atoms with E-state index in [0.29, 0.717) is 5.92 Å². The van der Waals surface area contributed by atoms with Gasteiger partial charge in [-0.1, -0.05) is 48.7 Å². The number of rotatable bonds is 6. The lowest BCUT2D eigenvalue weighted by Crippen LogP contribution is -2.41. The fourth-order valence-corrected chi connectivity index (χ4v) is 4.16. The molecule has 3 amide bonds. The molecule has 0 unspecified atom stereocenters. The topological polar surface area (TPSA) is 84.0 Å². The number of nitrogens with zero attached hydrogens (tertiary/aromatic N) is 2. The second kappa shape index (κ2) is 8.48. The zero-order valence-electron chi connectivity index (χ0n) is 11.8. The Labute approximate surface area is 130 Å². The number of hydrogen-bond donors (Lipinski definition) is 2. The molecule has 1 aromatic heterocycles. The molecule has 9 heteroatoms.